The van der Waals surface area contributed by atoms with Gasteiger partial charge in [0.05, 0.1) is 19.4 Å². The van der Waals surface area contributed by atoms with Gasteiger partial charge in [0.15, 0.2) is 11.5 Å². The van der Waals surface area contributed by atoms with Crippen molar-refractivity contribution < 1.29 is 14.3 Å². The molecular formula is C27H33BrN2O3. The fourth-order valence-corrected chi connectivity index (χ4v) is 3.67. The summed E-state index contributed by atoms with van der Waals surface area (Å²) in [5.74, 6) is 0.742. The summed E-state index contributed by atoms with van der Waals surface area (Å²) in [6.07, 6.45) is 6.04. The highest BCUT2D eigenvalue weighted by molar-refractivity contribution is 9.10. The molecule has 0 fully saturated rings. The number of carbonyl (C=O) groups is 1. The normalized spacial score (nSPS) is 11.6. The van der Waals surface area contributed by atoms with Crippen molar-refractivity contribution in [3.05, 3.63) is 57.6 Å². The molecule has 2 aromatic carbocycles. The molecule has 0 aromatic heterocycles. The summed E-state index contributed by atoms with van der Waals surface area (Å²) >= 11 is 3.52. The van der Waals surface area contributed by atoms with Gasteiger partial charge in [0, 0.05) is 4.47 Å². The second-order valence-electron chi connectivity index (χ2n) is 8.89. The molecular weight excluding hydrogens is 480 g/mol. The Bertz CT molecular complexity index is 1030. The molecule has 2 aromatic rings. The van der Waals surface area contributed by atoms with Gasteiger partial charge < -0.3 is 14.8 Å². The highest BCUT2D eigenvalue weighted by atomic mass is 79.9. The van der Waals surface area contributed by atoms with Gasteiger partial charge in [0.1, 0.15) is 11.6 Å². The quantitative estimate of drug-likeness (QED) is 0.206. The van der Waals surface area contributed by atoms with E-state index in [1.165, 1.54) is 12.8 Å². The summed E-state index contributed by atoms with van der Waals surface area (Å²) in [4.78, 5) is 12.8. The van der Waals surface area contributed by atoms with E-state index in [-0.39, 0.29) is 11.0 Å². The van der Waals surface area contributed by atoms with Gasteiger partial charge in [0.25, 0.3) is 5.91 Å². The van der Waals surface area contributed by atoms with Gasteiger partial charge in [-0.2, -0.15) is 5.26 Å². The van der Waals surface area contributed by atoms with Crippen LogP contribution in [0.15, 0.2) is 46.4 Å². The fourth-order valence-electron chi connectivity index (χ4n) is 3.19. The predicted octanol–water partition coefficient (Wildman–Crippen LogP) is 7.26. The number of hydrogen-bond acceptors (Lipinski definition) is 4. The molecule has 0 aliphatic carbocycles. The Morgan fingerprint density at radius 3 is 2.48 bits per heavy atom. The Balaban J connectivity index is 2.14. The van der Waals surface area contributed by atoms with E-state index in [0.29, 0.717) is 29.4 Å². The molecule has 0 atom stereocenters. The number of ether oxygens (including phenoxy) is 2. The molecule has 0 radical (unpaired) electrons. The monoisotopic (exact) mass is 512 g/mol. The number of hydrogen-bond donors (Lipinski definition) is 1. The van der Waals surface area contributed by atoms with Gasteiger partial charge in [-0.3, -0.25) is 4.79 Å². The maximum atomic E-state index is 12.8. The number of nitriles is 1. The van der Waals surface area contributed by atoms with E-state index in [9.17, 15) is 10.1 Å². The number of carbonyl (C=O) groups excluding carboxylic acids is 1. The topological polar surface area (TPSA) is 71.3 Å². The first-order valence-corrected chi connectivity index (χ1v) is 12.0. The number of nitrogens with zero attached hydrogens (tertiary/aromatic N) is 1. The van der Waals surface area contributed by atoms with Crippen molar-refractivity contribution in [1.29, 1.82) is 5.26 Å². The van der Waals surface area contributed by atoms with E-state index in [2.05, 4.69) is 48.9 Å². The molecule has 1 N–H and O–H groups in total. The van der Waals surface area contributed by atoms with Gasteiger partial charge in [-0.1, -0.05) is 59.1 Å². The Morgan fingerprint density at radius 2 is 1.88 bits per heavy atom. The average molecular weight is 513 g/mol. The Kier molecular flexibility index (Phi) is 9.99. The van der Waals surface area contributed by atoms with E-state index in [1.54, 1.807) is 25.3 Å². The van der Waals surface area contributed by atoms with Crippen LogP contribution in [0.2, 0.25) is 0 Å². The second-order valence-corrected chi connectivity index (χ2v) is 9.74. The molecule has 176 valence electrons. The third kappa shape index (κ3) is 7.94. The lowest BCUT2D eigenvalue weighted by molar-refractivity contribution is -0.112. The highest BCUT2D eigenvalue weighted by Gasteiger charge is 2.17. The van der Waals surface area contributed by atoms with Crippen molar-refractivity contribution in [2.24, 2.45) is 0 Å². The Hall–Kier alpha value is -2.78. The molecule has 5 nitrogen and oxygen atoms in total. The standard InChI is InChI=1S/C27H33BrN2O3/c1-6-7-8-9-14-33-24-13-10-19(16-25(24)32-5)15-20(18-29)26(31)30-23-12-11-21(17-22(23)28)27(2,3)4/h10-13,15-17H,6-9,14H2,1-5H3,(H,30,31)/b20-15+. The fraction of sp³-hybridized carbons (Fsp3) is 0.407. The number of anilines is 1. The van der Waals surface area contributed by atoms with Crippen molar-refractivity contribution >= 4 is 33.6 Å². The molecule has 6 heteroatoms. The average Bonchev–Trinajstić information content (AvgIpc) is 2.78. The minimum Gasteiger partial charge on any atom is -0.493 e. The lowest BCUT2D eigenvalue weighted by Gasteiger charge is -2.20. The van der Waals surface area contributed by atoms with Crippen LogP contribution in [0.25, 0.3) is 6.08 Å². The Labute approximate surface area is 205 Å². The van der Waals surface area contributed by atoms with Crippen LogP contribution in [0.4, 0.5) is 5.69 Å². The molecule has 2 rings (SSSR count). The molecule has 0 unspecified atom stereocenters. The van der Waals surface area contributed by atoms with Crippen LogP contribution in [0, 0.1) is 11.3 Å². The SMILES string of the molecule is CCCCCCOc1ccc(/C=C(\C#N)C(=O)Nc2ccc(C(C)(C)C)cc2Br)cc1OC. The van der Waals surface area contributed by atoms with Gasteiger partial charge in [-0.25, -0.2) is 0 Å². The molecule has 0 bridgehead atoms. The summed E-state index contributed by atoms with van der Waals surface area (Å²) in [6, 6.07) is 13.2. The van der Waals surface area contributed by atoms with Gasteiger partial charge in [0.2, 0.25) is 0 Å². The number of methoxy groups -OCH3 is 1. The van der Waals surface area contributed by atoms with Crippen LogP contribution in [0.1, 0.15) is 64.5 Å². The van der Waals surface area contributed by atoms with Crippen LogP contribution in [-0.2, 0) is 10.2 Å². The van der Waals surface area contributed by atoms with Crippen molar-refractivity contribution in [2.75, 3.05) is 19.0 Å². The van der Waals surface area contributed by atoms with E-state index in [0.717, 1.165) is 22.9 Å². The minimum atomic E-state index is -0.475. The first-order chi connectivity index (χ1) is 15.7. The molecule has 0 aliphatic heterocycles. The number of nitrogens with one attached hydrogen (secondary N) is 1. The van der Waals surface area contributed by atoms with E-state index in [1.807, 2.05) is 30.3 Å². The first kappa shape index (κ1) is 26.5. The summed E-state index contributed by atoms with van der Waals surface area (Å²) in [7, 11) is 1.57. The smallest absolute Gasteiger partial charge is 0.266 e. The van der Waals surface area contributed by atoms with Crippen molar-refractivity contribution in [3.63, 3.8) is 0 Å². The van der Waals surface area contributed by atoms with Gasteiger partial charge in [-0.05, 0) is 69.2 Å². The zero-order chi connectivity index (χ0) is 24.4. The summed E-state index contributed by atoms with van der Waals surface area (Å²) in [5, 5.41) is 12.4. The lowest BCUT2D eigenvalue weighted by Crippen LogP contribution is -2.15. The lowest BCUT2D eigenvalue weighted by atomic mass is 9.87. The van der Waals surface area contributed by atoms with Crippen LogP contribution < -0.4 is 14.8 Å². The van der Waals surface area contributed by atoms with Crippen molar-refractivity contribution in [2.45, 2.75) is 58.8 Å². The Morgan fingerprint density at radius 1 is 1.12 bits per heavy atom. The van der Waals surface area contributed by atoms with E-state index >= 15 is 0 Å². The molecule has 0 saturated carbocycles. The molecule has 33 heavy (non-hydrogen) atoms. The van der Waals surface area contributed by atoms with Crippen LogP contribution >= 0.6 is 15.9 Å². The largest absolute Gasteiger partial charge is 0.493 e. The van der Waals surface area contributed by atoms with E-state index < -0.39 is 5.91 Å². The van der Waals surface area contributed by atoms with Crippen LogP contribution in [-0.4, -0.2) is 19.6 Å². The molecule has 0 aliphatic rings. The number of rotatable bonds is 10. The van der Waals surface area contributed by atoms with E-state index in [4.69, 9.17) is 9.47 Å². The second kappa shape index (κ2) is 12.5. The summed E-state index contributed by atoms with van der Waals surface area (Å²) in [5.41, 5.74) is 2.42. The van der Waals surface area contributed by atoms with Crippen LogP contribution in [0.5, 0.6) is 11.5 Å². The van der Waals surface area contributed by atoms with Crippen molar-refractivity contribution in [3.8, 4) is 17.6 Å². The third-order valence-corrected chi connectivity index (χ3v) is 5.86. The number of benzene rings is 2. The van der Waals surface area contributed by atoms with Gasteiger partial charge >= 0.3 is 0 Å². The predicted molar refractivity (Wildman–Crippen MR) is 138 cm³/mol. The summed E-state index contributed by atoms with van der Waals surface area (Å²) in [6.45, 7) is 9.18. The first-order valence-electron chi connectivity index (χ1n) is 11.2. The van der Waals surface area contributed by atoms with Crippen molar-refractivity contribution in [1.82, 2.24) is 0 Å². The number of halogens is 1. The highest BCUT2D eigenvalue weighted by Crippen LogP contribution is 2.31. The zero-order valence-corrected chi connectivity index (χ0v) is 21.7. The number of unbranched alkanes of at least 4 members (excludes halogenated alkanes) is 3. The minimum absolute atomic E-state index is 0.00270. The van der Waals surface area contributed by atoms with Crippen LogP contribution in [0.3, 0.4) is 0 Å². The summed E-state index contributed by atoms with van der Waals surface area (Å²) < 4.78 is 12.1. The maximum Gasteiger partial charge on any atom is 0.266 e. The molecule has 1 amide bonds. The molecule has 0 spiro atoms. The third-order valence-electron chi connectivity index (χ3n) is 5.20. The molecule has 0 heterocycles. The number of amides is 1. The molecule has 0 saturated heterocycles. The zero-order valence-electron chi connectivity index (χ0n) is 20.1. The van der Waals surface area contributed by atoms with Gasteiger partial charge in [-0.15, -0.1) is 0 Å². The maximum absolute atomic E-state index is 12.8.